The van der Waals surface area contributed by atoms with E-state index < -0.39 is 60.2 Å². The maximum absolute atomic E-state index is 12.5. The zero-order valence-electron chi connectivity index (χ0n) is 17.5. The highest BCUT2D eigenvalue weighted by Gasteiger charge is 2.31. The minimum Gasteiger partial charge on any atom is -0.481 e. The van der Waals surface area contributed by atoms with Crippen molar-refractivity contribution in [3.8, 4) is 0 Å². The van der Waals surface area contributed by atoms with Crippen molar-refractivity contribution in [2.45, 2.75) is 64.7 Å². The van der Waals surface area contributed by atoms with E-state index in [0.717, 1.165) is 0 Å². The van der Waals surface area contributed by atoms with Gasteiger partial charge in [0.05, 0.1) is 12.5 Å². The van der Waals surface area contributed by atoms with Crippen LogP contribution in [0.15, 0.2) is 0 Å². The molecule has 30 heavy (non-hydrogen) atoms. The van der Waals surface area contributed by atoms with Gasteiger partial charge in [-0.25, -0.2) is 4.79 Å². The van der Waals surface area contributed by atoms with Crippen LogP contribution in [0.5, 0.6) is 0 Å². The lowest BCUT2D eigenvalue weighted by Crippen LogP contribution is -2.58. The average molecular weight is 449 g/mol. The maximum Gasteiger partial charge on any atom is 0.326 e. The van der Waals surface area contributed by atoms with Gasteiger partial charge in [-0.1, -0.05) is 27.7 Å². The molecule has 0 heterocycles. The molecule has 7 N–H and O–H groups in total. The molecule has 0 aliphatic heterocycles. The highest BCUT2D eigenvalue weighted by molar-refractivity contribution is 7.80. The number of amides is 3. The first-order valence-corrected chi connectivity index (χ1v) is 10.1. The van der Waals surface area contributed by atoms with Gasteiger partial charge in [-0.15, -0.1) is 0 Å². The predicted octanol–water partition coefficient (Wildman–Crippen LogP) is -1.04. The predicted molar refractivity (Wildman–Crippen MR) is 112 cm³/mol. The van der Waals surface area contributed by atoms with Crippen LogP contribution in [0.25, 0.3) is 0 Å². The van der Waals surface area contributed by atoms with Crippen LogP contribution >= 0.6 is 12.6 Å². The van der Waals surface area contributed by atoms with Gasteiger partial charge in [0.25, 0.3) is 0 Å². The van der Waals surface area contributed by atoms with Crippen LogP contribution in [0, 0.1) is 11.8 Å². The molecular weight excluding hydrogens is 416 g/mol. The normalized spacial score (nSPS) is 15.1. The molecule has 0 aromatic carbocycles. The van der Waals surface area contributed by atoms with Crippen LogP contribution in [-0.2, 0) is 24.0 Å². The molecule has 3 amide bonds. The fraction of sp³-hybridized carbons (Fsp3) is 0.722. The Balaban J connectivity index is 5.31. The van der Waals surface area contributed by atoms with E-state index in [1.807, 2.05) is 0 Å². The molecule has 0 aromatic rings. The van der Waals surface area contributed by atoms with E-state index in [-0.39, 0.29) is 24.0 Å². The number of carbonyl (C=O) groups is 5. The van der Waals surface area contributed by atoms with E-state index in [9.17, 15) is 29.1 Å². The van der Waals surface area contributed by atoms with Gasteiger partial charge in [0.2, 0.25) is 17.7 Å². The Morgan fingerprint density at radius 1 is 0.833 bits per heavy atom. The van der Waals surface area contributed by atoms with Crippen LogP contribution in [0.4, 0.5) is 0 Å². The van der Waals surface area contributed by atoms with Gasteiger partial charge < -0.3 is 31.9 Å². The van der Waals surface area contributed by atoms with Crippen LogP contribution in [0.2, 0.25) is 0 Å². The monoisotopic (exact) mass is 448 g/mol. The quantitative estimate of drug-likeness (QED) is 0.174. The second-order valence-electron chi connectivity index (χ2n) is 7.70. The first-order valence-electron chi connectivity index (χ1n) is 9.52. The van der Waals surface area contributed by atoms with Crippen molar-refractivity contribution in [2.75, 3.05) is 5.75 Å². The van der Waals surface area contributed by atoms with Gasteiger partial charge in [-0.05, 0) is 18.3 Å². The third kappa shape index (κ3) is 9.92. The standard InChI is InChI=1S/C18H32N4O7S/c1-8(2)5-11(18(28)29)21-15(25)10(6-13(23)24)20-16(26)12(7-30)22-17(27)14(19)9(3)4/h8-12,14,30H,5-7,19H2,1-4H3,(H,20,26)(H,21,25)(H,22,27)(H,23,24)(H,28,29). The zero-order chi connectivity index (χ0) is 23.6. The van der Waals surface area contributed by atoms with Gasteiger partial charge in [-0.3, -0.25) is 19.2 Å². The summed E-state index contributed by atoms with van der Waals surface area (Å²) in [6.07, 6.45) is -0.651. The maximum atomic E-state index is 12.5. The van der Waals surface area contributed by atoms with Crippen LogP contribution < -0.4 is 21.7 Å². The molecule has 0 saturated carbocycles. The summed E-state index contributed by atoms with van der Waals surface area (Å²) in [5.41, 5.74) is 5.74. The number of carbonyl (C=O) groups excluding carboxylic acids is 3. The second kappa shape index (κ2) is 13.1. The number of aliphatic carboxylic acids is 2. The Hall–Kier alpha value is -2.34. The third-order valence-corrected chi connectivity index (χ3v) is 4.54. The molecule has 12 heteroatoms. The number of hydrogen-bond acceptors (Lipinski definition) is 7. The van der Waals surface area contributed by atoms with Crippen molar-refractivity contribution in [3.05, 3.63) is 0 Å². The van der Waals surface area contributed by atoms with Gasteiger partial charge >= 0.3 is 11.9 Å². The molecule has 4 unspecified atom stereocenters. The third-order valence-electron chi connectivity index (χ3n) is 4.17. The first-order chi connectivity index (χ1) is 13.8. The van der Waals surface area contributed by atoms with E-state index in [1.54, 1.807) is 27.7 Å². The number of nitrogens with one attached hydrogen (secondary N) is 3. The summed E-state index contributed by atoms with van der Waals surface area (Å²) in [5, 5.41) is 25.2. The van der Waals surface area contributed by atoms with E-state index in [2.05, 4.69) is 28.6 Å². The molecule has 0 fully saturated rings. The van der Waals surface area contributed by atoms with Crippen molar-refractivity contribution in [1.29, 1.82) is 0 Å². The summed E-state index contributed by atoms with van der Waals surface area (Å²) < 4.78 is 0. The van der Waals surface area contributed by atoms with Gasteiger partial charge in [0.1, 0.15) is 18.1 Å². The Morgan fingerprint density at radius 2 is 1.30 bits per heavy atom. The highest BCUT2D eigenvalue weighted by Crippen LogP contribution is 2.06. The van der Waals surface area contributed by atoms with Crippen molar-refractivity contribution in [3.63, 3.8) is 0 Å². The summed E-state index contributed by atoms with van der Waals surface area (Å²) >= 11 is 4.00. The fourth-order valence-electron chi connectivity index (χ4n) is 2.39. The number of carboxylic acids is 2. The Morgan fingerprint density at radius 3 is 1.70 bits per heavy atom. The average Bonchev–Trinajstić information content (AvgIpc) is 2.62. The molecule has 0 rings (SSSR count). The van der Waals surface area contributed by atoms with Crippen molar-refractivity contribution >= 4 is 42.3 Å². The summed E-state index contributed by atoms with van der Waals surface area (Å²) in [4.78, 5) is 59.5. The number of hydrogen-bond donors (Lipinski definition) is 7. The molecule has 0 spiro atoms. The van der Waals surface area contributed by atoms with Gasteiger partial charge in [0.15, 0.2) is 0 Å². The molecular formula is C18H32N4O7S. The molecule has 0 saturated heterocycles. The van der Waals surface area contributed by atoms with Crippen LogP contribution in [0.1, 0.15) is 40.5 Å². The van der Waals surface area contributed by atoms with E-state index in [4.69, 9.17) is 10.8 Å². The smallest absolute Gasteiger partial charge is 0.326 e. The fourth-order valence-corrected chi connectivity index (χ4v) is 2.64. The molecule has 0 bridgehead atoms. The number of rotatable bonds is 13. The van der Waals surface area contributed by atoms with E-state index in [0.29, 0.717) is 0 Å². The lowest BCUT2D eigenvalue weighted by molar-refractivity contribution is -0.144. The molecule has 4 atom stereocenters. The Bertz CT molecular complexity index is 642. The van der Waals surface area contributed by atoms with E-state index >= 15 is 0 Å². The lowest BCUT2D eigenvalue weighted by Gasteiger charge is -2.24. The van der Waals surface area contributed by atoms with Crippen LogP contribution in [-0.4, -0.2) is 69.8 Å². The Labute approximate surface area is 180 Å². The van der Waals surface area contributed by atoms with E-state index in [1.165, 1.54) is 0 Å². The minimum absolute atomic E-state index is 0.0483. The lowest BCUT2D eigenvalue weighted by atomic mass is 10.0. The largest absolute Gasteiger partial charge is 0.481 e. The molecule has 11 nitrogen and oxygen atoms in total. The summed E-state index contributed by atoms with van der Waals surface area (Å²) in [6.45, 7) is 6.98. The Kier molecular flexibility index (Phi) is 12.0. The SMILES string of the molecule is CC(C)CC(NC(=O)C(CC(=O)O)NC(=O)C(CS)NC(=O)C(N)C(C)C)C(=O)O. The molecule has 0 aromatic heterocycles. The van der Waals surface area contributed by atoms with Crippen molar-refractivity contribution < 1.29 is 34.2 Å². The molecule has 0 aliphatic rings. The zero-order valence-corrected chi connectivity index (χ0v) is 18.4. The molecule has 0 radical (unpaired) electrons. The van der Waals surface area contributed by atoms with Crippen LogP contribution in [0.3, 0.4) is 0 Å². The van der Waals surface area contributed by atoms with Crippen molar-refractivity contribution in [2.24, 2.45) is 17.6 Å². The number of carboxylic acid groups (broad SMARTS) is 2. The van der Waals surface area contributed by atoms with Gasteiger partial charge in [-0.2, -0.15) is 12.6 Å². The minimum atomic E-state index is -1.54. The topological polar surface area (TPSA) is 188 Å². The summed E-state index contributed by atoms with van der Waals surface area (Å²) in [5.74, 6) is -5.41. The number of thiol groups is 1. The second-order valence-corrected chi connectivity index (χ2v) is 8.07. The highest BCUT2D eigenvalue weighted by atomic mass is 32.1. The van der Waals surface area contributed by atoms with Gasteiger partial charge in [0, 0.05) is 5.75 Å². The molecule has 0 aliphatic carbocycles. The van der Waals surface area contributed by atoms with Crippen molar-refractivity contribution in [1.82, 2.24) is 16.0 Å². The number of nitrogens with two attached hydrogens (primary N) is 1. The summed E-state index contributed by atoms with van der Waals surface area (Å²) in [6, 6.07) is -4.82. The summed E-state index contributed by atoms with van der Waals surface area (Å²) in [7, 11) is 0. The molecule has 172 valence electrons. The first kappa shape index (κ1) is 27.7.